The fourth-order valence-electron chi connectivity index (χ4n) is 2.67. The number of carboxylic acid groups (broad SMARTS) is 1. The number of pyridine rings is 1. The van der Waals surface area contributed by atoms with E-state index in [2.05, 4.69) is 16.0 Å². The van der Waals surface area contributed by atoms with Gasteiger partial charge in [0.05, 0.1) is 5.56 Å². The molecule has 0 saturated heterocycles. The Morgan fingerprint density at radius 3 is 2.95 bits per heavy atom. The SMILES string of the molecule is Cc1cncc(CN2CCc3ccc(C(=O)O)cc32)c1. The molecule has 20 heavy (non-hydrogen) atoms. The third-order valence-electron chi connectivity index (χ3n) is 3.63. The van der Waals surface area contributed by atoms with Crippen LogP contribution in [-0.2, 0) is 13.0 Å². The van der Waals surface area contributed by atoms with Crippen LogP contribution in [0.4, 0.5) is 5.69 Å². The van der Waals surface area contributed by atoms with Crippen LogP contribution in [0.1, 0.15) is 27.0 Å². The largest absolute Gasteiger partial charge is 0.478 e. The minimum Gasteiger partial charge on any atom is -0.478 e. The summed E-state index contributed by atoms with van der Waals surface area (Å²) in [6.45, 7) is 3.72. The fraction of sp³-hybridized carbons (Fsp3) is 0.250. The van der Waals surface area contributed by atoms with Crippen LogP contribution in [-0.4, -0.2) is 22.6 Å². The van der Waals surface area contributed by atoms with E-state index < -0.39 is 5.97 Å². The standard InChI is InChI=1S/C16H16N2O2/c1-11-6-12(9-17-8-11)10-18-5-4-13-2-3-14(16(19)20)7-15(13)18/h2-3,6-9H,4-5,10H2,1H3,(H,19,20). The second-order valence-electron chi connectivity index (χ2n) is 5.19. The molecule has 0 bridgehead atoms. The summed E-state index contributed by atoms with van der Waals surface area (Å²) in [5, 5.41) is 9.10. The number of aromatic carboxylic acids is 1. The molecule has 1 aromatic heterocycles. The van der Waals surface area contributed by atoms with Gasteiger partial charge in [0.2, 0.25) is 0 Å². The lowest BCUT2D eigenvalue weighted by molar-refractivity contribution is 0.0697. The first-order chi connectivity index (χ1) is 9.63. The molecule has 0 spiro atoms. The molecular weight excluding hydrogens is 252 g/mol. The highest BCUT2D eigenvalue weighted by Crippen LogP contribution is 2.30. The summed E-state index contributed by atoms with van der Waals surface area (Å²) in [5.41, 5.74) is 4.89. The van der Waals surface area contributed by atoms with E-state index in [1.165, 1.54) is 5.56 Å². The number of rotatable bonds is 3. The molecular formula is C16H16N2O2. The Hall–Kier alpha value is -2.36. The monoisotopic (exact) mass is 268 g/mol. The molecule has 0 aliphatic carbocycles. The van der Waals surface area contributed by atoms with Gasteiger partial charge >= 0.3 is 5.97 Å². The molecule has 0 atom stereocenters. The Morgan fingerprint density at radius 2 is 2.20 bits per heavy atom. The molecule has 0 radical (unpaired) electrons. The summed E-state index contributed by atoms with van der Waals surface area (Å²) in [6.07, 6.45) is 4.67. The molecule has 1 aliphatic rings. The summed E-state index contributed by atoms with van der Waals surface area (Å²) in [4.78, 5) is 17.5. The van der Waals surface area contributed by atoms with Gasteiger partial charge in [-0.25, -0.2) is 4.79 Å². The average Bonchev–Trinajstić information content (AvgIpc) is 2.81. The highest BCUT2D eigenvalue weighted by Gasteiger charge is 2.20. The van der Waals surface area contributed by atoms with Crippen LogP contribution in [0.2, 0.25) is 0 Å². The number of hydrogen-bond acceptors (Lipinski definition) is 3. The second kappa shape index (κ2) is 4.96. The molecule has 4 nitrogen and oxygen atoms in total. The van der Waals surface area contributed by atoms with Crippen molar-refractivity contribution in [1.29, 1.82) is 0 Å². The second-order valence-corrected chi connectivity index (χ2v) is 5.19. The van der Waals surface area contributed by atoms with Crippen molar-refractivity contribution in [2.45, 2.75) is 19.9 Å². The maximum absolute atomic E-state index is 11.1. The third kappa shape index (κ3) is 2.37. The maximum Gasteiger partial charge on any atom is 0.335 e. The number of carbonyl (C=O) groups is 1. The Labute approximate surface area is 117 Å². The fourth-order valence-corrected chi connectivity index (χ4v) is 2.67. The van der Waals surface area contributed by atoms with Crippen molar-refractivity contribution in [3.63, 3.8) is 0 Å². The van der Waals surface area contributed by atoms with E-state index in [1.54, 1.807) is 12.1 Å². The lowest BCUT2D eigenvalue weighted by Crippen LogP contribution is -2.20. The summed E-state index contributed by atoms with van der Waals surface area (Å²) < 4.78 is 0. The van der Waals surface area contributed by atoms with Crippen LogP contribution in [0.3, 0.4) is 0 Å². The molecule has 1 aromatic carbocycles. The van der Waals surface area contributed by atoms with E-state index in [1.807, 2.05) is 25.4 Å². The van der Waals surface area contributed by atoms with Gasteiger partial charge in [-0.1, -0.05) is 12.1 Å². The molecule has 0 amide bonds. The van der Waals surface area contributed by atoms with E-state index in [-0.39, 0.29) is 0 Å². The van der Waals surface area contributed by atoms with Crippen molar-refractivity contribution in [2.24, 2.45) is 0 Å². The van der Waals surface area contributed by atoms with Gasteiger partial charge in [0.15, 0.2) is 0 Å². The molecule has 102 valence electrons. The van der Waals surface area contributed by atoms with Crippen molar-refractivity contribution < 1.29 is 9.90 Å². The highest BCUT2D eigenvalue weighted by atomic mass is 16.4. The van der Waals surface area contributed by atoms with Crippen LogP contribution in [0.15, 0.2) is 36.7 Å². The quantitative estimate of drug-likeness (QED) is 0.929. The van der Waals surface area contributed by atoms with E-state index in [4.69, 9.17) is 5.11 Å². The Bertz CT molecular complexity index is 667. The van der Waals surface area contributed by atoms with Gasteiger partial charge in [0.1, 0.15) is 0 Å². The first-order valence-corrected chi connectivity index (χ1v) is 6.65. The smallest absolute Gasteiger partial charge is 0.335 e. The normalized spacial score (nSPS) is 13.3. The molecule has 2 heterocycles. The minimum absolute atomic E-state index is 0.345. The molecule has 2 aromatic rings. The van der Waals surface area contributed by atoms with E-state index >= 15 is 0 Å². The van der Waals surface area contributed by atoms with Gasteiger partial charge in [0.25, 0.3) is 0 Å². The number of aromatic nitrogens is 1. The van der Waals surface area contributed by atoms with E-state index in [9.17, 15) is 4.79 Å². The van der Waals surface area contributed by atoms with Crippen LogP contribution in [0.25, 0.3) is 0 Å². The van der Waals surface area contributed by atoms with Gasteiger partial charge < -0.3 is 10.0 Å². The first kappa shape index (κ1) is 12.7. The van der Waals surface area contributed by atoms with Crippen LogP contribution >= 0.6 is 0 Å². The summed E-state index contributed by atoms with van der Waals surface area (Å²) in [7, 11) is 0. The lowest BCUT2D eigenvalue weighted by Gasteiger charge is -2.19. The van der Waals surface area contributed by atoms with Gasteiger partial charge in [-0.3, -0.25) is 4.98 Å². The Balaban J connectivity index is 1.88. The number of anilines is 1. The van der Waals surface area contributed by atoms with Crippen molar-refractivity contribution in [3.05, 3.63) is 58.9 Å². The molecule has 1 N–H and O–H groups in total. The zero-order valence-corrected chi connectivity index (χ0v) is 11.3. The van der Waals surface area contributed by atoms with Crippen LogP contribution < -0.4 is 4.90 Å². The topological polar surface area (TPSA) is 53.4 Å². The van der Waals surface area contributed by atoms with Crippen molar-refractivity contribution >= 4 is 11.7 Å². The van der Waals surface area contributed by atoms with Crippen LogP contribution in [0.5, 0.6) is 0 Å². The number of nitrogens with zero attached hydrogens (tertiary/aromatic N) is 2. The number of carboxylic acids is 1. The van der Waals surface area contributed by atoms with Gasteiger partial charge in [-0.15, -0.1) is 0 Å². The zero-order chi connectivity index (χ0) is 14.1. The summed E-state index contributed by atoms with van der Waals surface area (Å²) in [5.74, 6) is -0.878. The van der Waals surface area contributed by atoms with Crippen molar-refractivity contribution in [2.75, 3.05) is 11.4 Å². The molecule has 0 fully saturated rings. The number of aryl methyl sites for hydroxylation is 1. The number of hydrogen-bond donors (Lipinski definition) is 1. The summed E-state index contributed by atoms with van der Waals surface area (Å²) >= 11 is 0. The van der Waals surface area contributed by atoms with Crippen molar-refractivity contribution in [3.8, 4) is 0 Å². The Kier molecular flexibility index (Phi) is 3.14. The van der Waals surface area contributed by atoms with Gasteiger partial charge in [-0.05, 0) is 42.2 Å². The maximum atomic E-state index is 11.1. The molecule has 1 aliphatic heterocycles. The molecule has 0 unspecified atom stereocenters. The molecule has 3 rings (SSSR count). The first-order valence-electron chi connectivity index (χ1n) is 6.65. The van der Waals surface area contributed by atoms with Crippen molar-refractivity contribution in [1.82, 2.24) is 4.98 Å². The number of fused-ring (bicyclic) bond motifs is 1. The molecule has 0 saturated carbocycles. The predicted molar refractivity (Wildman–Crippen MR) is 77.1 cm³/mol. The highest BCUT2D eigenvalue weighted by molar-refractivity contribution is 5.89. The van der Waals surface area contributed by atoms with Crippen LogP contribution in [0, 0.1) is 6.92 Å². The van der Waals surface area contributed by atoms with E-state index in [0.29, 0.717) is 5.56 Å². The number of benzene rings is 1. The lowest BCUT2D eigenvalue weighted by atomic mass is 10.1. The van der Waals surface area contributed by atoms with E-state index in [0.717, 1.165) is 36.3 Å². The predicted octanol–water partition coefficient (Wildman–Crippen LogP) is 2.65. The third-order valence-corrected chi connectivity index (χ3v) is 3.63. The minimum atomic E-state index is -0.878. The summed E-state index contributed by atoms with van der Waals surface area (Å²) in [6, 6.07) is 7.49. The van der Waals surface area contributed by atoms with Gasteiger partial charge in [-0.2, -0.15) is 0 Å². The average molecular weight is 268 g/mol. The zero-order valence-electron chi connectivity index (χ0n) is 11.3. The molecule has 4 heteroatoms. The van der Waals surface area contributed by atoms with Gasteiger partial charge in [0, 0.05) is 31.2 Å². The Morgan fingerprint density at radius 1 is 1.35 bits per heavy atom.